The first-order valence-corrected chi connectivity index (χ1v) is 6.75. The quantitative estimate of drug-likeness (QED) is 0.907. The van der Waals surface area contributed by atoms with Gasteiger partial charge in [-0.15, -0.1) is 0 Å². The number of halogens is 1. The average molecular weight is 269 g/mol. The van der Waals surface area contributed by atoms with Gasteiger partial charge in [-0.05, 0) is 43.0 Å². The first-order chi connectivity index (χ1) is 9.61. The predicted molar refractivity (Wildman–Crippen MR) is 76.0 cm³/mol. The van der Waals surface area contributed by atoms with Gasteiger partial charge in [-0.25, -0.2) is 4.39 Å². The van der Waals surface area contributed by atoms with Crippen LogP contribution in [0.2, 0.25) is 0 Å². The van der Waals surface area contributed by atoms with Crippen molar-refractivity contribution in [1.29, 1.82) is 0 Å². The molecule has 0 bridgehead atoms. The third kappa shape index (κ3) is 2.31. The van der Waals surface area contributed by atoms with Crippen molar-refractivity contribution in [3.8, 4) is 0 Å². The predicted octanol–water partition coefficient (Wildman–Crippen LogP) is 3.55. The molecule has 3 heteroatoms. The number of hydrogen-bond donors (Lipinski definition) is 1. The molecule has 1 aliphatic rings. The lowest BCUT2D eigenvalue weighted by molar-refractivity contribution is 0.0930. The highest BCUT2D eigenvalue weighted by molar-refractivity contribution is 5.95. The fraction of sp³-hybridized carbons (Fsp3) is 0.235. The molecule has 0 aliphatic heterocycles. The summed E-state index contributed by atoms with van der Waals surface area (Å²) in [6.45, 7) is 1.68. The summed E-state index contributed by atoms with van der Waals surface area (Å²) in [5.74, 6) is -0.563. The second-order valence-electron chi connectivity index (χ2n) is 5.37. The standard InChI is InChI=1S/C17H16FNO/c1-12-7-8-13(11-15(12)18)16(20)19-17(9-10-17)14-5-3-2-4-6-14/h2-8,11H,9-10H2,1H3,(H,19,20). The number of hydrogen-bond acceptors (Lipinski definition) is 1. The topological polar surface area (TPSA) is 29.1 Å². The molecular formula is C17H16FNO. The molecule has 1 fully saturated rings. The number of amides is 1. The number of rotatable bonds is 3. The zero-order valence-corrected chi connectivity index (χ0v) is 11.3. The Morgan fingerprint density at radius 1 is 1.15 bits per heavy atom. The second kappa shape index (κ2) is 4.75. The molecule has 1 aliphatic carbocycles. The summed E-state index contributed by atoms with van der Waals surface area (Å²) >= 11 is 0. The third-order valence-corrected chi connectivity index (χ3v) is 3.86. The molecule has 0 aromatic heterocycles. The normalized spacial score (nSPS) is 15.7. The van der Waals surface area contributed by atoms with Gasteiger partial charge in [-0.3, -0.25) is 4.79 Å². The summed E-state index contributed by atoms with van der Waals surface area (Å²) in [7, 11) is 0. The monoisotopic (exact) mass is 269 g/mol. The molecule has 1 amide bonds. The van der Waals surface area contributed by atoms with Crippen molar-refractivity contribution in [2.24, 2.45) is 0 Å². The lowest BCUT2D eigenvalue weighted by atomic mass is 10.0. The number of carbonyl (C=O) groups excluding carboxylic acids is 1. The van der Waals surface area contributed by atoms with Crippen molar-refractivity contribution >= 4 is 5.91 Å². The van der Waals surface area contributed by atoms with Gasteiger partial charge in [0, 0.05) is 5.56 Å². The van der Waals surface area contributed by atoms with Crippen molar-refractivity contribution in [3.05, 3.63) is 71.0 Å². The molecule has 0 unspecified atom stereocenters. The lowest BCUT2D eigenvalue weighted by Gasteiger charge is -2.18. The molecule has 1 saturated carbocycles. The van der Waals surface area contributed by atoms with E-state index in [0.717, 1.165) is 18.4 Å². The Morgan fingerprint density at radius 3 is 2.45 bits per heavy atom. The SMILES string of the molecule is Cc1ccc(C(=O)NC2(c3ccccc3)CC2)cc1F. The van der Waals surface area contributed by atoms with Crippen molar-refractivity contribution in [2.45, 2.75) is 25.3 Å². The third-order valence-electron chi connectivity index (χ3n) is 3.86. The van der Waals surface area contributed by atoms with Crippen LogP contribution in [0.15, 0.2) is 48.5 Å². The first-order valence-electron chi connectivity index (χ1n) is 6.75. The zero-order chi connectivity index (χ0) is 14.2. The summed E-state index contributed by atoms with van der Waals surface area (Å²) in [4.78, 5) is 12.3. The van der Waals surface area contributed by atoms with E-state index in [4.69, 9.17) is 0 Å². The van der Waals surface area contributed by atoms with Crippen molar-refractivity contribution < 1.29 is 9.18 Å². The van der Waals surface area contributed by atoms with Crippen LogP contribution in [0.25, 0.3) is 0 Å². The molecule has 0 heterocycles. The Morgan fingerprint density at radius 2 is 1.85 bits per heavy atom. The number of carbonyl (C=O) groups is 1. The highest BCUT2D eigenvalue weighted by Crippen LogP contribution is 2.45. The Bertz CT molecular complexity index is 647. The van der Waals surface area contributed by atoms with E-state index in [1.165, 1.54) is 6.07 Å². The molecule has 0 spiro atoms. The zero-order valence-electron chi connectivity index (χ0n) is 11.3. The maximum Gasteiger partial charge on any atom is 0.252 e. The summed E-state index contributed by atoms with van der Waals surface area (Å²) in [5.41, 5.74) is 1.77. The van der Waals surface area contributed by atoms with E-state index < -0.39 is 0 Å². The molecule has 2 nitrogen and oxygen atoms in total. The minimum Gasteiger partial charge on any atom is -0.343 e. The van der Waals surface area contributed by atoms with Crippen molar-refractivity contribution in [1.82, 2.24) is 5.32 Å². The number of nitrogens with one attached hydrogen (secondary N) is 1. The molecule has 0 atom stereocenters. The van der Waals surface area contributed by atoms with Crippen LogP contribution in [0.4, 0.5) is 4.39 Å². The van der Waals surface area contributed by atoms with E-state index in [0.29, 0.717) is 11.1 Å². The molecule has 3 rings (SSSR count). The average Bonchev–Trinajstić information content (AvgIpc) is 3.23. The largest absolute Gasteiger partial charge is 0.343 e. The van der Waals surface area contributed by atoms with Gasteiger partial charge in [0.25, 0.3) is 5.91 Å². The molecule has 20 heavy (non-hydrogen) atoms. The van der Waals surface area contributed by atoms with Crippen LogP contribution in [0.1, 0.15) is 34.3 Å². The van der Waals surface area contributed by atoms with Gasteiger partial charge >= 0.3 is 0 Å². The van der Waals surface area contributed by atoms with Crippen molar-refractivity contribution in [2.75, 3.05) is 0 Å². The molecule has 0 radical (unpaired) electrons. The minimum absolute atomic E-state index is 0.217. The highest BCUT2D eigenvalue weighted by atomic mass is 19.1. The summed E-state index contributed by atoms with van der Waals surface area (Å²) in [5, 5.41) is 3.04. The van der Waals surface area contributed by atoms with Crippen LogP contribution in [0.5, 0.6) is 0 Å². The molecule has 1 N–H and O–H groups in total. The molecule has 2 aromatic carbocycles. The van der Waals surface area contributed by atoms with E-state index in [1.807, 2.05) is 30.3 Å². The van der Waals surface area contributed by atoms with Gasteiger partial charge in [0.15, 0.2) is 0 Å². The van der Waals surface area contributed by atoms with Gasteiger partial charge < -0.3 is 5.32 Å². The number of benzene rings is 2. The maximum absolute atomic E-state index is 13.5. The van der Waals surface area contributed by atoms with E-state index >= 15 is 0 Å². The van der Waals surface area contributed by atoms with E-state index in [1.54, 1.807) is 19.1 Å². The van der Waals surface area contributed by atoms with E-state index in [9.17, 15) is 9.18 Å². The van der Waals surface area contributed by atoms with Gasteiger partial charge in [0.1, 0.15) is 5.82 Å². The Hall–Kier alpha value is -2.16. The van der Waals surface area contributed by atoms with Gasteiger partial charge in [0.2, 0.25) is 0 Å². The van der Waals surface area contributed by atoms with Crippen molar-refractivity contribution in [3.63, 3.8) is 0 Å². The van der Waals surface area contributed by atoms with Crippen LogP contribution in [-0.2, 0) is 5.54 Å². The summed E-state index contributed by atoms with van der Waals surface area (Å²) in [6.07, 6.45) is 1.86. The fourth-order valence-electron chi connectivity index (χ4n) is 2.39. The second-order valence-corrected chi connectivity index (χ2v) is 5.37. The highest BCUT2D eigenvalue weighted by Gasteiger charge is 2.45. The van der Waals surface area contributed by atoms with Crippen LogP contribution >= 0.6 is 0 Å². The molecule has 0 saturated heterocycles. The maximum atomic E-state index is 13.5. The first kappa shape index (κ1) is 12.9. The fourth-order valence-corrected chi connectivity index (χ4v) is 2.39. The van der Waals surface area contributed by atoms with E-state index in [-0.39, 0.29) is 17.3 Å². The number of aryl methyl sites for hydroxylation is 1. The molecule has 102 valence electrons. The minimum atomic E-state index is -0.345. The summed E-state index contributed by atoms with van der Waals surface area (Å²) in [6, 6.07) is 14.5. The molecular weight excluding hydrogens is 253 g/mol. The van der Waals surface area contributed by atoms with Gasteiger partial charge in [-0.1, -0.05) is 36.4 Å². The Kier molecular flexibility index (Phi) is 3.05. The molecule has 2 aromatic rings. The Labute approximate surface area is 117 Å². The van der Waals surface area contributed by atoms with Crippen LogP contribution in [-0.4, -0.2) is 5.91 Å². The van der Waals surface area contributed by atoms with E-state index in [2.05, 4.69) is 5.32 Å². The van der Waals surface area contributed by atoms with Crippen LogP contribution in [0, 0.1) is 12.7 Å². The lowest BCUT2D eigenvalue weighted by Crippen LogP contribution is -2.34. The van der Waals surface area contributed by atoms with Gasteiger partial charge in [0.05, 0.1) is 5.54 Å². The summed E-state index contributed by atoms with van der Waals surface area (Å²) < 4.78 is 13.5. The van der Waals surface area contributed by atoms with Crippen LogP contribution < -0.4 is 5.32 Å². The Balaban J connectivity index is 1.81. The van der Waals surface area contributed by atoms with Crippen LogP contribution in [0.3, 0.4) is 0 Å². The van der Waals surface area contributed by atoms with Gasteiger partial charge in [-0.2, -0.15) is 0 Å². The smallest absolute Gasteiger partial charge is 0.252 e.